The zero-order chi connectivity index (χ0) is 20.4. The topological polar surface area (TPSA) is 119 Å². The van der Waals surface area contributed by atoms with Crippen LogP contribution in [0.5, 0.6) is 5.75 Å². The molecule has 0 saturated heterocycles. The summed E-state index contributed by atoms with van der Waals surface area (Å²) in [4.78, 5) is 22.1. The van der Waals surface area contributed by atoms with Crippen LogP contribution in [0.25, 0.3) is 0 Å². The van der Waals surface area contributed by atoms with Crippen molar-refractivity contribution >= 4 is 32.9 Å². The van der Waals surface area contributed by atoms with Gasteiger partial charge in [0, 0.05) is 31.4 Å². The van der Waals surface area contributed by atoms with Crippen LogP contribution in [-0.2, 0) is 10.0 Å². The van der Waals surface area contributed by atoms with Crippen molar-refractivity contribution in [3.05, 3.63) is 52.1 Å². The summed E-state index contributed by atoms with van der Waals surface area (Å²) in [6.45, 7) is 1.31. The Morgan fingerprint density at radius 2 is 1.85 bits per heavy atom. The van der Waals surface area contributed by atoms with Crippen molar-refractivity contribution in [1.82, 2.24) is 4.31 Å². The number of methoxy groups -OCH3 is 1. The Bertz CT molecular complexity index is 1000. The Morgan fingerprint density at radius 3 is 2.37 bits per heavy atom. The van der Waals surface area contributed by atoms with Crippen LogP contribution in [0.2, 0.25) is 0 Å². The molecule has 2 aromatic carbocycles. The second-order valence-corrected chi connectivity index (χ2v) is 7.94. The number of nitrogens with zero attached hydrogens (tertiary/aromatic N) is 2. The van der Waals surface area contributed by atoms with Crippen molar-refractivity contribution < 1.29 is 22.9 Å². The van der Waals surface area contributed by atoms with Crippen molar-refractivity contribution in [2.24, 2.45) is 0 Å². The average Bonchev–Trinajstić information content (AvgIpc) is 2.61. The molecule has 0 amide bonds. The van der Waals surface area contributed by atoms with E-state index in [1.54, 1.807) is 0 Å². The number of ether oxygens (including phenoxy) is 1. The number of rotatable bonds is 7. The van der Waals surface area contributed by atoms with E-state index in [1.165, 1.54) is 64.5 Å². The van der Waals surface area contributed by atoms with Gasteiger partial charge in [0.2, 0.25) is 10.0 Å². The van der Waals surface area contributed by atoms with Crippen LogP contribution >= 0.6 is 0 Å². The Balaban J connectivity index is 2.53. The number of anilines is 2. The van der Waals surface area contributed by atoms with Gasteiger partial charge >= 0.3 is 0 Å². The standard InChI is InChI=1S/C17H19N3O6S/c1-11(21)12-5-7-14(15(9-12)20(22)23)18-13-6-8-16(26-4)17(10-13)27(24,25)19(2)3/h5-10,18H,1-4H3. The second kappa shape index (κ2) is 7.72. The molecule has 0 bridgehead atoms. The van der Waals surface area contributed by atoms with E-state index in [0.717, 1.165) is 4.31 Å². The summed E-state index contributed by atoms with van der Waals surface area (Å²) in [5.41, 5.74) is 0.353. The number of Topliss-reactive ketones (excluding diaryl/α,β-unsaturated/α-hetero) is 1. The van der Waals surface area contributed by atoms with Crippen molar-refractivity contribution in [2.45, 2.75) is 11.8 Å². The molecule has 144 valence electrons. The number of nitro groups is 1. The predicted molar refractivity (Wildman–Crippen MR) is 100 cm³/mol. The quantitative estimate of drug-likeness (QED) is 0.436. The molecule has 0 aliphatic carbocycles. The lowest BCUT2D eigenvalue weighted by atomic mass is 10.1. The number of benzene rings is 2. The molecule has 0 spiro atoms. The van der Waals surface area contributed by atoms with E-state index in [4.69, 9.17) is 4.74 Å². The summed E-state index contributed by atoms with van der Waals surface area (Å²) in [7, 11) is 0.339. The van der Waals surface area contributed by atoms with Crippen LogP contribution in [-0.4, -0.2) is 44.6 Å². The van der Waals surface area contributed by atoms with E-state index >= 15 is 0 Å². The summed E-state index contributed by atoms with van der Waals surface area (Å²) >= 11 is 0. The Morgan fingerprint density at radius 1 is 1.19 bits per heavy atom. The van der Waals surface area contributed by atoms with Gasteiger partial charge in [-0.25, -0.2) is 12.7 Å². The highest BCUT2D eigenvalue weighted by atomic mass is 32.2. The summed E-state index contributed by atoms with van der Waals surface area (Å²) in [5.74, 6) is -0.149. The van der Waals surface area contributed by atoms with E-state index in [-0.39, 0.29) is 33.4 Å². The molecule has 10 heteroatoms. The van der Waals surface area contributed by atoms with Crippen molar-refractivity contribution in [3.8, 4) is 5.75 Å². The molecular formula is C17H19N3O6S. The van der Waals surface area contributed by atoms with Crippen LogP contribution in [0.4, 0.5) is 17.1 Å². The third-order valence-electron chi connectivity index (χ3n) is 3.80. The van der Waals surface area contributed by atoms with E-state index in [0.29, 0.717) is 5.69 Å². The SMILES string of the molecule is COc1ccc(Nc2ccc(C(C)=O)cc2[N+](=O)[O-])cc1S(=O)(=O)N(C)C. The van der Waals surface area contributed by atoms with Gasteiger partial charge in [-0.3, -0.25) is 14.9 Å². The van der Waals surface area contributed by atoms with Gasteiger partial charge in [-0.1, -0.05) is 0 Å². The van der Waals surface area contributed by atoms with Crippen LogP contribution in [0.1, 0.15) is 17.3 Å². The number of ketones is 1. The molecule has 2 rings (SSSR count). The number of nitrogens with one attached hydrogen (secondary N) is 1. The molecule has 9 nitrogen and oxygen atoms in total. The average molecular weight is 393 g/mol. The first-order valence-corrected chi connectivity index (χ1v) is 9.19. The molecule has 2 aromatic rings. The molecule has 0 heterocycles. The molecule has 0 saturated carbocycles. The molecule has 0 atom stereocenters. The minimum absolute atomic E-state index is 0.0805. The number of hydrogen-bond acceptors (Lipinski definition) is 7. The van der Waals surface area contributed by atoms with Gasteiger partial charge in [-0.2, -0.15) is 0 Å². The fourth-order valence-electron chi connectivity index (χ4n) is 2.32. The Labute approximate surface area is 156 Å². The maximum absolute atomic E-state index is 12.5. The normalized spacial score (nSPS) is 11.3. The minimum atomic E-state index is -3.79. The first-order valence-electron chi connectivity index (χ1n) is 7.75. The fourth-order valence-corrected chi connectivity index (χ4v) is 3.39. The molecule has 0 radical (unpaired) electrons. The van der Waals surface area contributed by atoms with Crippen LogP contribution in [0, 0.1) is 10.1 Å². The molecule has 0 aliphatic rings. The van der Waals surface area contributed by atoms with E-state index in [2.05, 4.69) is 5.32 Å². The van der Waals surface area contributed by atoms with Gasteiger partial charge in [0.15, 0.2) is 5.78 Å². The zero-order valence-electron chi connectivity index (χ0n) is 15.2. The minimum Gasteiger partial charge on any atom is -0.495 e. The smallest absolute Gasteiger partial charge is 0.293 e. The summed E-state index contributed by atoms with van der Waals surface area (Å²) in [6, 6.07) is 8.35. The summed E-state index contributed by atoms with van der Waals surface area (Å²) in [6.07, 6.45) is 0. The van der Waals surface area contributed by atoms with Crippen LogP contribution in [0.3, 0.4) is 0 Å². The number of nitro benzene ring substituents is 1. The second-order valence-electron chi connectivity index (χ2n) is 5.82. The van der Waals surface area contributed by atoms with Crippen molar-refractivity contribution in [1.29, 1.82) is 0 Å². The number of hydrogen-bond donors (Lipinski definition) is 1. The third kappa shape index (κ3) is 4.23. The Kier molecular flexibility index (Phi) is 5.82. The van der Waals surface area contributed by atoms with Gasteiger partial charge in [-0.05, 0) is 37.3 Å². The Hall–Kier alpha value is -2.98. The van der Waals surface area contributed by atoms with Gasteiger partial charge in [0.05, 0.1) is 12.0 Å². The van der Waals surface area contributed by atoms with E-state index in [1.807, 2.05) is 0 Å². The predicted octanol–water partition coefficient (Wildman–Crippen LogP) is 2.80. The number of carbonyl (C=O) groups excluding carboxylic acids is 1. The van der Waals surface area contributed by atoms with E-state index in [9.17, 15) is 23.3 Å². The first-order chi connectivity index (χ1) is 12.6. The number of sulfonamides is 1. The lowest BCUT2D eigenvalue weighted by Gasteiger charge is -2.16. The lowest BCUT2D eigenvalue weighted by Crippen LogP contribution is -2.22. The van der Waals surface area contributed by atoms with Crippen LogP contribution in [0.15, 0.2) is 41.3 Å². The highest BCUT2D eigenvalue weighted by Crippen LogP contribution is 2.33. The monoisotopic (exact) mass is 393 g/mol. The van der Waals surface area contributed by atoms with Gasteiger partial charge < -0.3 is 10.1 Å². The molecule has 0 fully saturated rings. The molecule has 0 aromatic heterocycles. The maximum Gasteiger partial charge on any atom is 0.293 e. The first kappa shape index (κ1) is 20.3. The summed E-state index contributed by atoms with van der Waals surface area (Å²) < 4.78 is 31.1. The van der Waals surface area contributed by atoms with E-state index < -0.39 is 14.9 Å². The highest BCUT2D eigenvalue weighted by Gasteiger charge is 2.23. The molecular weight excluding hydrogens is 374 g/mol. The molecule has 0 unspecified atom stereocenters. The van der Waals surface area contributed by atoms with Gasteiger partial charge in [-0.15, -0.1) is 0 Å². The molecule has 0 aliphatic heterocycles. The zero-order valence-corrected chi connectivity index (χ0v) is 16.0. The highest BCUT2D eigenvalue weighted by molar-refractivity contribution is 7.89. The lowest BCUT2D eigenvalue weighted by molar-refractivity contribution is -0.383. The third-order valence-corrected chi connectivity index (χ3v) is 5.64. The van der Waals surface area contributed by atoms with Gasteiger partial charge in [0.25, 0.3) is 5.69 Å². The van der Waals surface area contributed by atoms with Crippen molar-refractivity contribution in [3.63, 3.8) is 0 Å². The molecule has 1 N–H and O–H groups in total. The largest absolute Gasteiger partial charge is 0.495 e. The van der Waals surface area contributed by atoms with Gasteiger partial charge in [0.1, 0.15) is 16.3 Å². The fraction of sp³-hybridized carbons (Fsp3) is 0.235. The molecule has 27 heavy (non-hydrogen) atoms. The van der Waals surface area contributed by atoms with Crippen LogP contribution < -0.4 is 10.1 Å². The van der Waals surface area contributed by atoms with Crippen molar-refractivity contribution in [2.75, 3.05) is 26.5 Å². The summed E-state index contributed by atoms with van der Waals surface area (Å²) in [5, 5.41) is 14.2. The number of carbonyl (C=O) groups is 1. The maximum atomic E-state index is 12.5.